The van der Waals surface area contributed by atoms with Crippen molar-refractivity contribution in [2.24, 2.45) is 0 Å². The van der Waals surface area contributed by atoms with E-state index in [0.717, 1.165) is 83.5 Å². The third-order valence-electron chi connectivity index (χ3n) is 12.2. The fourth-order valence-corrected chi connectivity index (χ4v) is 9.07. The minimum atomic E-state index is -0.0637. The summed E-state index contributed by atoms with van der Waals surface area (Å²) in [5.41, 5.74) is 16.2. The molecule has 0 fully saturated rings. The molecule has 3 aromatic heterocycles. The fourth-order valence-electron chi connectivity index (χ4n) is 9.07. The summed E-state index contributed by atoms with van der Waals surface area (Å²) in [7, 11) is 0. The van der Waals surface area contributed by atoms with Gasteiger partial charge in [-0.05, 0) is 106 Å². The molecule has 0 unspecified atom stereocenters. The molecule has 0 spiro atoms. The summed E-state index contributed by atoms with van der Waals surface area (Å²) in [5.74, 6) is 0.836. The number of hydrogen-bond acceptors (Lipinski definition) is 3. The molecule has 0 saturated heterocycles. The molecule has 0 atom stereocenters. The first-order valence-corrected chi connectivity index (χ1v) is 21.5. The Kier molecular flexibility index (Phi) is 9.13. The number of phenols is 1. The van der Waals surface area contributed by atoms with E-state index in [4.69, 9.17) is 9.97 Å². The molecule has 302 valence electrons. The Morgan fingerprint density at radius 3 is 1.84 bits per heavy atom. The highest BCUT2D eigenvalue weighted by molar-refractivity contribution is 6.09. The summed E-state index contributed by atoms with van der Waals surface area (Å²) in [5, 5.41) is 13.7. The summed E-state index contributed by atoms with van der Waals surface area (Å²) in [6.07, 6.45) is 2.03. The Labute approximate surface area is 366 Å². The smallest absolute Gasteiger partial charge is 0.149 e. The second-order valence-electron chi connectivity index (χ2n) is 17.2. The van der Waals surface area contributed by atoms with Crippen LogP contribution in [-0.4, -0.2) is 24.2 Å². The molecular weight excluding hydrogens is 769 g/mol. The third kappa shape index (κ3) is 6.66. The van der Waals surface area contributed by atoms with Crippen molar-refractivity contribution in [2.75, 3.05) is 0 Å². The Morgan fingerprint density at radius 2 is 1.08 bits per heavy atom. The Bertz CT molecular complexity index is 3490. The van der Waals surface area contributed by atoms with E-state index in [1.807, 2.05) is 24.4 Å². The van der Waals surface area contributed by atoms with Gasteiger partial charge in [-0.25, -0.2) is 4.98 Å². The minimum absolute atomic E-state index is 0.0637. The van der Waals surface area contributed by atoms with Crippen LogP contribution in [0.1, 0.15) is 26.3 Å². The lowest BCUT2D eigenvalue weighted by Gasteiger charge is -2.23. The van der Waals surface area contributed by atoms with E-state index >= 15 is 0 Å². The molecule has 1 N–H and O–H groups in total. The molecule has 0 aliphatic rings. The van der Waals surface area contributed by atoms with Gasteiger partial charge >= 0.3 is 0 Å². The maximum Gasteiger partial charge on any atom is 0.149 e. The average molecular weight is 813 g/mol. The number of para-hydroxylation sites is 4. The maximum absolute atomic E-state index is 11.5. The predicted molar refractivity (Wildman–Crippen MR) is 261 cm³/mol. The van der Waals surface area contributed by atoms with Crippen LogP contribution in [0.25, 0.3) is 100 Å². The zero-order valence-corrected chi connectivity index (χ0v) is 35.4. The number of fused-ring (bicyclic) bond motifs is 4. The molecule has 0 bridgehead atoms. The topological polar surface area (TPSA) is 55.9 Å². The highest BCUT2D eigenvalue weighted by Crippen LogP contribution is 2.43. The second-order valence-corrected chi connectivity index (χ2v) is 17.2. The van der Waals surface area contributed by atoms with Gasteiger partial charge in [-0.2, -0.15) is 0 Å². The van der Waals surface area contributed by atoms with Crippen LogP contribution in [0.4, 0.5) is 0 Å². The summed E-state index contributed by atoms with van der Waals surface area (Å²) < 4.78 is 4.56. The summed E-state index contributed by atoms with van der Waals surface area (Å²) >= 11 is 0. The van der Waals surface area contributed by atoms with Crippen LogP contribution >= 0.6 is 0 Å². The van der Waals surface area contributed by atoms with Gasteiger partial charge in [0.25, 0.3) is 0 Å². The molecule has 5 heteroatoms. The van der Waals surface area contributed by atoms with Gasteiger partial charge in [0.05, 0.1) is 39.0 Å². The zero-order valence-electron chi connectivity index (χ0n) is 35.4. The molecule has 0 amide bonds. The van der Waals surface area contributed by atoms with Gasteiger partial charge in [-0.3, -0.25) is 9.55 Å². The van der Waals surface area contributed by atoms with Gasteiger partial charge in [-0.1, -0.05) is 148 Å². The van der Waals surface area contributed by atoms with Crippen LogP contribution in [0.3, 0.4) is 0 Å². The largest absolute Gasteiger partial charge is 0.507 e. The van der Waals surface area contributed by atoms with Crippen LogP contribution in [0.15, 0.2) is 206 Å². The standard InChI is InChI=1S/C58H44N4O/c1-58(2,3)43-30-31-52(48(35-43)39-20-9-5-10-21-39)62-53-28-17-26-45(56(53)60-57(62)47-25-14-16-29-55(47)63)41-32-40(38-18-7-4-8-19-38)33-42(34-41)50-36-54-49(37-59-50)46-24-13-15-27-51(46)61(54)44-22-11-6-12-23-44/h4-37,63H,1-3H3. The lowest BCUT2D eigenvalue weighted by Crippen LogP contribution is -2.12. The number of nitrogens with zero attached hydrogens (tertiary/aromatic N) is 4. The molecule has 0 radical (unpaired) electrons. The van der Waals surface area contributed by atoms with Crippen LogP contribution in [0.5, 0.6) is 5.75 Å². The Morgan fingerprint density at radius 1 is 0.444 bits per heavy atom. The molecule has 63 heavy (non-hydrogen) atoms. The first kappa shape index (κ1) is 37.9. The van der Waals surface area contributed by atoms with Crippen LogP contribution < -0.4 is 0 Å². The molecular formula is C58H44N4O. The van der Waals surface area contributed by atoms with Crippen molar-refractivity contribution in [1.82, 2.24) is 19.1 Å². The van der Waals surface area contributed by atoms with E-state index < -0.39 is 0 Å². The highest BCUT2D eigenvalue weighted by Gasteiger charge is 2.24. The number of pyridine rings is 1. The maximum atomic E-state index is 11.5. The van der Waals surface area contributed by atoms with Crippen molar-refractivity contribution in [3.8, 4) is 73.2 Å². The molecule has 0 saturated carbocycles. The summed E-state index contributed by atoms with van der Waals surface area (Å²) in [4.78, 5) is 10.7. The normalized spacial score (nSPS) is 11.8. The average Bonchev–Trinajstić information content (AvgIpc) is 3.88. The number of rotatable bonds is 7. The van der Waals surface area contributed by atoms with Gasteiger partial charge < -0.3 is 9.67 Å². The lowest BCUT2D eigenvalue weighted by atomic mass is 9.85. The first-order valence-electron chi connectivity index (χ1n) is 21.5. The SMILES string of the molecule is CC(C)(C)c1ccc(-n2c(-c3ccccc3O)nc3c(-c4cc(-c5ccccc5)cc(-c5cc6c(cn5)c5ccccc5n6-c5ccccc5)c4)cccc32)c(-c2ccccc2)c1. The number of phenolic OH excluding ortho intramolecular Hbond substituents is 1. The predicted octanol–water partition coefficient (Wildman–Crippen LogP) is 14.9. The van der Waals surface area contributed by atoms with E-state index in [1.54, 1.807) is 6.07 Å². The first-order chi connectivity index (χ1) is 30.8. The van der Waals surface area contributed by atoms with E-state index in [1.165, 1.54) is 10.9 Å². The van der Waals surface area contributed by atoms with Crippen LogP contribution in [0.2, 0.25) is 0 Å². The third-order valence-corrected chi connectivity index (χ3v) is 12.2. The number of imidazole rings is 1. The monoisotopic (exact) mass is 812 g/mol. The van der Waals surface area contributed by atoms with Crippen molar-refractivity contribution in [3.63, 3.8) is 0 Å². The van der Waals surface area contributed by atoms with E-state index in [2.05, 4.69) is 206 Å². The number of hydrogen-bond donors (Lipinski definition) is 1. The van der Waals surface area contributed by atoms with Gasteiger partial charge in [0.15, 0.2) is 0 Å². The lowest BCUT2D eigenvalue weighted by molar-refractivity contribution is 0.477. The second kappa shape index (κ2) is 15.2. The zero-order chi connectivity index (χ0) is 42.7. The van der Waals surface area contributed by atoms with Crippen LogP contribution in [-0.2, 0) is 5.41 Å². The van der Waals surface area contributed by atoms with Gasteiger partial charge in [-0.15, -0.1) is 0 Å². The quantitative estimate of drug-likeness (QED) is 0.174. The molecule has 5 nitrogen and oxygen atoms in total. The van der Waals surface area contributed by atoms with Gasteiger partial charge in [0.2, 0.25) is 0 Å². The van der Waals surface area contributed by atoms with Crippen molar-refractivity contribution >= 4 is 32.8 Å². The van der Waals surface area contributed by atoms with E-state index in [0.29, 0.717) is 11.4 Å². The Balaban J connectivity index is 1.17. The highest BCUT2D eigenvalue weighted by atomic mass is 16.3. The number of aromatic hydroxyl groups is 1. The van der Waals surface area contributed by atoms with Gasteiger partial charge in [0.1, 0.15) is 11.6 Å². The van der Waals surface area contributed by atoms with Crippen molar-refractivity contribution < 1.29 is 5.11 Å². The molecule has 11 rings (SSSR count). The van der Waals surface area contributed by atoms with Crippen molar-refractivity contribution in [1.29, 1.82) is 0 Å². The number of benzene rings is 8. The minimum Gasteiger partial charge on any atom is -0.507 e. The van der Waals surface area contributed by atoms with E-state index in [9.17, 15) is 5.11 Å². The van der Waals surface area contributed by atoms with Gasteiger partial charge in [0, 0.05) is 39.3 Å². The molecule has 11 aromatic rings. The molecule has 0 aliphatic heterocycles. The molecule has 0 aliphatic carbocycles. The number of aromatic nitrogens is 4. The molecule has 8 aromatic carbocycles. The van der Waals surface area contributed by atoms with Crippen molar-refractivity contribution in [3.05, 3.63) is 212 Å². The van der Waals surface area contributed by atoms with E-state index in [-0.39, 0.29) is 11.2 Å². The van der Waals surface area contributed by atoms with Crippen molar-refractivity contribution in [2.45, 2.75) is 26.2 Å². The Hall–Kier alpha value is -8.02. The summed E-state index contributed by atoms with van der Waals surface area (Å²) in [6.45, 7) is 6.74. The fraction of sp³-hybridized carbons (Fsp3) is 0.0690. The molecule has 3 heterocycles. The van der Waals surface area contributed by atoms with Crippen LogP contribution in [0, 0.1) is 0 Å². The summed E-state index contributed by atoms with van der Waals surface area (Å²) in [6, 6.07) is 69.8.